The number of para-hydroxylation sites is 2. The molecule has 1 aromatic carbocycles. The zero-order valence-electron chi connectivity index (χ0n) is 16.4. The van der Waals surface area contributed by atoms with Gasteiger partial charge < -0.3 is 10.3 Å². The summed E-state index contributed by atoms with van der Waals surface area (Å²) in [5.74, 6) is 1.89. The zero-order valence-corrected chi connectivity index (χ0v) is 16.4. The van der Waals surface area contributed by atoms with Crippen molar-refractivity contribution in [1.29, 1.82) is 0 Å². The topological polar surface area (TPSA) is 60.0 Å². The van der Waals surface area contributed by atoms with Crippen molar-refractivity contribution in [2.75, 3.05) is 13.1 Å². The van der Waals surface area contributed by atoms with Crippen molar-refractivity contribution < 1.29 is 0 Å². The average Bonchev–Trinajstić information content (AvgIpc) is 3.09. The van der Waals surface area contributed by atoms with Gasteiger partial charge >= 0.3 is 0 Å². The molecule has 3 aromatic rings. The number of aromatic nitrogens is 3. The second-order valence-electron chi connectivity index (χ2n) is 8.21. The van der Waals surface area contributed by atoms with Crippen LogP contribution in [0.1, 0.15) is 48.8 Å². The second kappa shape index (κ2) is 7.64. The van der Waals surface area contributed by atoms with Crippen LogP contribution in [-0.4, -0.2) is 32.5 Å². The molecule has 1 saturated heterocycles. The van der Waals surface area contributed by atoms with Gasteiger partial charge in [-0.15, -0.1) is 0 Å². The van der Waals surface area contributed by atoms with Crippen LogP contribution in [0.25, 0.3) is 11.0 Å². The molecule has 2 atom stereocenters. The summed E-state index contributed by atoms with van der Waals surface area (Å²) in [6, 6.07) is 13.3. The van der Waals surface area contributed by atoms with E-state index in [0.717, 1.165) is 37.5 Å². The largest absolute Gasteiger partial charge is 0.330 e. The van der Waals surface area contributed by atoms with Gasteiger partial charge in [0.1, 0.15) is 5.82 Å². The first-order valence-electron chi connectivity index (χ1n) is 10.7. The van der Waals surface area contributed by atoms with Gasteiger partial charge in [0.15, 0.2) is 0 Å². The lowest BCUT2D eigenvalue weighted by Gasteiger charge is -2.44. The number of benzene rings is 1. The molecule has 146 valence electrons. The first-order valence-corrected chi connectivity index (χ1v) is 10.7. The first-order chi connectivity index (χ1) is 13.8. The van der Waals surface area contributed by atoms with Gasteiger partial charge in [-0.2, -0.15) is 0 Å². The molecule has 1 aliphatic heterocycles. The van der Waals surface area contributed by atoms with E-state index in [1.54, 1.807) is 0 Å². The summed E-state index contributed by atoms with van der Waals surface area (Å²) in [5.41, 5.74) is 10.9. The Kier molecular flexibility index (Phi) is 4.87. The molecular formula is C23H29N5. The fourth-order valence-electron chi connectivity index (χ4n) is 5.22. The zero-order chi connectivity index (χ0) is 18.9. The molecule has 3 heterocycles. The van der Waals surface area contributed by atoms with Crippen LogP contribution in [0, 0.1) is 5.92 Å². The predicted octanol–water partition coefficient (Wildman–Crippen LogP) is 3.68. The van der Waals surface area contributed by atoms with Crippen LogP contribution in [0.3, 0.4) is 0 Å². The Morgan fingerprint density at radius 3 is 2.96 bits per heavy atom. The van der Waals surface area contributed by atoms with Crippen LogP contribution < -0.4 is 5.73 Å². The summed E-state index contributed by atoms with van der Waals surface area (Å²) < 4.78 is 2.38. The summed E-state index contributed by atoms with van der Waals surface area (Å²) in [6.07, 6.45) is 7.98. The quantitative estimate of drug-likeness (QED) is 0.739. The number of likely N-dealkylation sites (tertiary alicyclic amines) is 1. The van der Waals surface area contributed by atoms with Gasteiger partial charge in [0.2, 0.25) is 0 Å². The number of piperidine rings is 1. The Labute approximate surface area is 166 Å². The normalized spacial score (nSPS) is 22.2. The number of aryl methyl sites for hydroxylation is 2. The first kappa shape index (κ1) is 17.8. The number of imidazole rings is 1. The van der Waals surface area contributed by atoms with Crippen molar-refractivity contribution >= 4 is 11.0 Å². The van der Waals surface area contributed by atoms with Crippen molar-refractivity contribution in [3.8, 4) is 0 Å². The van der Waals surface area contributed by atoms with E-state index in [1.165, 1.54) is 48.3 Å². The molecule has 5 rings (SSSR count). The third-order valence-corrected chi connectivity index (χ3v) is 6.51. The summed E-state index contributed by atoms with van der Waals surface area (Å²) in [4.78, 5) is 12.5. The van der Waals surface area contributed by atoms with E-state index in [1.807, 2.05) is 6.20 Å². The Balaban J connectivity index is 1.50. The molecule has 1 aliphatic carbocycles. The molecule has 2 unspecified atom stereocenters. The lowest BCUT2D eigenvalue weighted by atomic mass is 9.77. The van der Waals surface area contributed by atoms with Crippen LogP contribution in [-0.2, 0) is 19.5 Å². The fraction of sp³-hybridized carbons (Fsp3) is 0.478. The number of nitrogens with zero attached hydrogens (tertiary/aromatic N) is 4. The summed E-state index contributed by atoms with van der Waals surface area (Å²) in [5, 5.41) is 0. The molecular weight excluding hydrogens is 346 g/mol. The van der Waals surface area contributed by atoms with Gasteiger partial charge in [-0.05, 0) is 74.9 Å². The maximum absolute atomic E-state index is 5.81. The summed E-state index contributed by atoms with van der Waals surface area (Å²) in [6.45, 7) is 3.65. The number of fused-ring (bicyclic) bond motifs is 4. The molecule has 2 N–H and O–H groups in total. The van der Waals surface area contributed by atoms with E-state index in [0.29, 0.717) is 12.6 Å². The highest BCUT2D eigenvalue weighted by Gasteiger charge is 2.38. The number of pyridine rings is 1. The lowest BCUT2D eigenvalue weighted by Crippen LogP contribution is -2.41. The third kappa shape index (κ3) is 3.12. The Morgan fingerprint density at radius 2 is 2.04 bits per heavy atom. The highest BCUT2D eigenvalue weighted by Crippen LogP contribution is 2.43. The molecule has 0 saturated carbocycles. The van der Waals surface area contributed by atoms with Crippen LogP contribution >= 0.6 is 0 Å². The molecule has 0 spiro atoms. The van der Waals surface area contributed by atoms with Crippen molar-refractivity contribution in [3.05, 3.63) is 59.7 Å². The van der Waals surface area contributed by atoms with Gasteiger partial charge in [0, 0.05) is 12.7 Å². The van der Waals surface area contributed by atoms with Gasteiger partial charge in [-0.25, -0.2) is 4.98 Å². The SMILES string of the molecule is NCCCn1c(CN2CCCC3CCc4cccnc4C32)nc2ccccc21. The Hall–Kier alpha value is -2.24. The molecule has 28 heavy (non-hydrogen) atoms. The van der Waals surface area contributed by atoms with Gasteiger partial charge in [0.25, 0.3) is 0 Å². The van der Waals surface area contributed by atoms with E-state index >= 15 is 0 Å². The standard InChI is InChI=1S/C23H29N5/c24-12-5-15-28-20-9-2-1-8-19(20)26-21(28)16-27-14-4-7-18-11-10-17-6-3-13-25-22(17)23(18)27/h1-3,6,8-9,13,18,23H,4-5,7,10-12,14-16,24H2. The van der Waals surface area contributed by atoms with Crippen LogP contribution in [0.15, 0.2) is 42.6 Å². The predicted molar refractivity (Wildman–Crippen MR) is 112 cm³/mol. The number of nitrogens with two attached hydrogens (primary N) is 1. The lowest BCUT2D eigenvalue weighted by molar-refractivity contribution is 0.0664. The number of rotatable bonds is 5. The molecule has 0 radical (unpaired) electrons. The fourth-order valence-corrected chi connectivity index (χ4v) is 5.22. The monoisotopic (exact) mass is 375 g/mol. The third-order valence-electron chi connectivity index (χ3n) is 6.51. The van der Waals surface area contributed by atoms with Crippen LogP contribution in [0.2, 0.25) is 0 Å². The van der Waals surface area contributed by atoms with Gasteiger partial charge in [-0.3, -0.25) is 9.88 Å². The number of hydrogen-bond acceptors (Lipinski definition) is 4. The highest BCUT2D eigenvalue weighted by atomic mass is 15.2. The maximum atomic E-state index is 5.81. The van der Waals surface area contributed by atoms with Crippen molar-refractivity contribution in [2.24, 2.45) is 11.7 Å². The summed E-state index contributed by atoms with van der Waals surface area (Å²) >= 11 is 0. The van der Waals surface area contributed by atoms with Crippen molar-refractivity contribution in [2.45, 2.75) is 51.2 Å². The Bertz CT molecular complexity index is 963. The van der Waals surface area contributed by atoms with Crippen LogP contribution in [0.5, 0.6) is 0 Å². The molecule has 5 nitrogen and oxygen atoms in total. The molecule has 2 aliphatic rings. The highest BCUT2D eigenvalue weighted by molar-refractivity contribution is 5.75. The van der Waals surface area contributed by atoms with E-state index in [9.17, 15) is 0 Å². The van der Waals surface area contributed by atoms with Crippen molar-refractivity contribution in [1.82, 2.24) is 19.4 Å². The molecule has 1 fully saturated rings. The Morgan fingerprint density at radius 1 is 1.11 bits per heavy atom. The molecule has 0 amide bonds. The van der Waals surface area contributed by atoms with Crippen molar-refractivity contribution in [3.63, 3.8) is 0 Å². The number of hydrogen-bond donors (Lipinski definition) is 1. The molecule has 0 bridgehead atoms. The summed E-state index contributed by atoms with van der Waals surface area (Å²) in [7, 11) is 0. The maximum Gasteiger partial charge on any atom is 0.124 e. The van der Waals surface area contributed by atoms with E-state index in [4.69, 9.17) is 15.7 Å². The average molecular weight is 376 g/mol. The smallest absolute Gasteiger partial charge is 0.124 e. The van der Waals surface area contributed by atoms with E-state index in [-0.39, 0.29) is 0 Å². The van der Waals surface area contributed by atoms with E-state index < -0.39 is 0 Å². The molecule has 2 aromatic heterocycles. The van der Waals surface area contributed by atoms with E-state index in [2.05, 4.69) is 45.9 Å². The van der Waals surface area contributed by atoms with Gasteiger partial charge in [-0.1, -0.05) is 18.2 Å². The minimum absolute atomic E-state index is 0.432. The minimum Gasteiger partial charge on any atom is -0.330 e. The minimum atomic E-state index is 0.432. The van der Waals surface area contributed by atoms with Crippen LogP contribution in [0.4, 0.5) is 0 Å². The molecule has 5 heteroatoms. The second-order valence-corrected chi connectivity index (χ2v) is 8.21. The van der Waals surface area contributed by atoms with Gasteiger partial charge in [0.05, 0.1) is 29.3 Å².